The summed E-state index contributed by atoms with van der Waals surface area (Å²) in [5.74, 6) is 1.76. The summed E-state index contributed by atoms with van der Waals surface area (Å²) in [6, 6.07) is 5.95. The topological polar surface area (TPSA) is 69.6 Å². The van der Waals surface area contributed by atoms with Crippen LogP contribution in [0.5, 0.6) is 0 Å². The molecule has 0 aromatic carbocycles. The lowest BCUT2D eigenvalue weighted by molar-refractivity contribution is -0.117. The van der Waals surface area contributed by atoms with Crippen LogP contribution in [0.4, 0.5) is 11.6 Å². The van der Waals surface area contributed by atoms with Gasteiger partial charge in [-0.15, -0.1) is 0 Å². The van der Waals surface area contributed by atoms with Gasteiger partial charge < -0.3 is 9.80 Å². The minimum absolute atomic E-state index is 0.00163. The van der Waals surface area contributed by atoms with Crippen molar-refractivity contribution in [2.45, 2.75) is 53.5 Å². The number of carbonyl (C=O) groups excluding carboxylic acids is 2. The van der Waals surface area contributed by atoms with E-state index >= 15 is 0 Å². The van der Waals surface area contributed by atoms with E-state index < -0.39 is 0 Å². The number of anilines is 2. The molecule has 1 unspecified atom stereocenters. The molecule has 7 nitrogen and oxygen atoms in total. The molecule has 2 amide bonds. The molecule has 0 saturated carbocycles. The summed E-state index contributed by atoms with van der Waals surface area (Å²) in [6.45, 7) is 12.9. The third kappa shape index (κ3) is 4.01. The molecule has 0 radical (unpaired) electrons. The lowest BCUT2D eigenvalue weighted by Crippen LogP contribution is -2.49. The van der Waals surface area contributed by atoms with Gasteiger partial charge in [-0.3, -0.25) is 14.5 Å². The second-order valence-electron chi connectivity index (χ2n) is 8.76. The number of aromatic nitrogens is 2. The average Bonchev–Trinajstić information content (AvgIpc) is 3.08. The van der Waals surface area contributed by atoms with Crippen LogP contribution >= 0.6 is 0 Å². The molecule has 7 heteroatoms. The number of carbonyl (C=O) groups is 2. The molecule has 2 aliphatic rings. The van der Waals surface area contributed by atoms with Crippen LogP contribution in [0.3, 0.4) is 0 Å². The van der Waals surface area contributed by atoms with Crippen molar-refractivity contribution in [1.82, 2.24) is 14.9 Å². The Morgan fingerprint density at radius 2 is 1.68 bits per heavy atom. The Hall–Kier alpha value is -2.96. The lowest BCUT2D eigenvalue weighted by atomic mass is 10.1. The van der Waals surface area contributed by atoms with E-state index in [1.807, 2.05) is 31.7 Å². The molecule has 0 spiro atoms. The third-order valence-corrected chi connectivity index (χ3v) is 6.53. The summed E-state index contributed by atoms with van der Waals surface area (Å²) in [5.41, 5.74) is 4.70. The van der Waals surface area contributed by atoms with Crippen molar-refractivity contribution in [2.75, 3.05) is 36.0 Å². The maximum absolute atomic E-state index is 13.2. The zero-order chi connectivity index (χ0) is 22.3. The zero-order valence-electron chi connectivity index (χ0n) is 19.1. The third-order valence-electron chi connectivity index (χ3n) is 6.53. The van der Waals surface area contributed by atoms with E-state index in [-0.39, 0.29) is 17.9 Å². The van der Waals surface area contributed by atoms with Gasteiger partial charge in [0.15, 0.2) is 0 Å². The molecule has 31 heavy (non-hydrogen) atoms. The maximum Gasteiger partial charge on any atom is 0.255 e. The largest absolute Gasteiger partial charge is 0.353 e. The second-order valence-corrected chi connectivity index (χ2v) is 8.76. The molecule has 1 atom stereocenters. The number of hydrogen-bond acceptors (Lipinski definition) is 5. The number of nitrogens with zero attached hydrogens (tertiary/aromatic N) is 5. The normalized spacial score (nSPS) is 19.3. The van der Waals surface area contributed by atoms with Gasteiger partial charge in [0.25, 0.3) is 5.91 Å². The van der Waals surface area contributed by atoms with Gasteiger partial charge >= 0.3 is 0 Å². The average molecular weight is 422 g/mol. The summed E-state index contributed by atoms with van der Waals surface area (Å²) in [5, 5.41) is 0. The first-order valence-electron chi connectivity index (χ1n) is 11.0. The van der Waals surface area contributed by atoms with Crippen LogP contribution in [-0.2, 0) is 4.79 Å². The number of piperazine rings is 1. The van der Waals surface area contributed by atoms with Gasteiger partial charge in [-0.2, -0.15) is 0 Å². The molecule has 2 aliphatic heterocycles. The van der Waals surface area contributed by atoms with Crippen molar-refractivity contribution < 1.29 is 9.59 Å². The van der Waals surface area contributed by atoms with Crippen molar-refractivity contribution >= 4 is 23.5 Å². The summed E-state index contributed by atoms with van der Waals surface area (Å²) in [7, 11) is 0. The molecular formula is C24H31N5O2. The molecule has 0 N–H and O–H groups in total. The van der Waals surface area contributed by atoms with Crippen LogP contribution in [0.15, 0.2) is 18.2 Å². The Labute approximate surface area is 184 Å². The summed E-state index contributed by atoms with van der Waals surface area (Å²) < 4.78 is 0. The smallest absolute Gasteiger partial charge is 0.255 e. The Morgan fingerprint density at radius 3 is 2.29 bits per heavy atom. The molecule has 0 bridgehead atoms. The fourth-order valence-corrected chi connectivity index (χ4v) is 4.53. The fraction of sp³-hybridized carbons (Fsp3) is 0.500. The predicted octanol–water partition coefficient (Wildman–Crippen LogP) is 3.19. The van der Waals surface area contributed by atoms with Crippen molar-refractivity contribution in [2.24, 2.45) is 0 Å². The van der Waals surface area contributed by atoms with Crippen molar-refractivity contribution in [3.63, 3.8) is 0 Å². The van der Waals surface area contributed by atoms with E-state index in [2.05, 4.69) is 29.8 Å². The first kappa shape index (κ1) is 21.3. The number of aryl methyl sites for hydroxylation is 4. The first-order chi connectivity index (χ1) is 14.8. The standard InChI is InChI=1S/C24H31N5O2/c1-15-14-16(2)23(26-18(15)4)27-10-12-28(13-11-27)24(31)20-7-8-21(25-19(20)5)29-17(3)6-9-22(29)30/h7-8,14,17H,6,9-13H2,1-5H3. The predicted molar refractivity (Wildman–Crippen MR) is 122 cm³/mol. The van der Waals surface area contributed by atoms with E-state index in [9.17, 15) is 9.59 Å². The van der Waals surface area contributed by atoms with Gasteiger partial charge in [-0.05, 0) is 64.3 Å². The highest BCUT2D eigenvalue weighted by Crippen LogP contribution is 2.27. The minimum Gasteiger partial charge on any atom is -0.353 e. The van der Waals surface area contributed by atoms with Crippen LogP contribution in [0.1, 0.15) is 52.6 Å². The van der Waals surface area contributed by atoms with Gasteiger partial charge in [0.05, 0.1) is 11.3 Å². The summed E-state index contributed by atoms with van der Waals surface area (Å²) >= 11 is 0. The Kier molecular flexibility index (Phi) is 5.69. The van der Waals surface area contributed by atoms with E-state index in [1.54, 1.807) is 11.0 Å². The molecule has 4 heterocycles. The van der Waals surface area contributed by atoms with Crippen molar-refractivity contribution in [3.05, 3.63) is 46.3 Å². The lowest BCUT2D eigenvalue weighted by Gasteiger charge is -2.36. The SMILES string of the molecule is Cc1cc(C)c(N2CCN(C(=O)c3ccc(N4C(=O)CCC4C)nc3C)CC2)nc1C. The Balaban J connectivity index is 1.45. The number of hydrogen-bond donors (Lipinski definition) is 0. The number of rotatable bonds is 3. The molecule has 2 saturated heterocycles. The van der Waals surface area contributed by atoms with Crippen LogP contribution in [0.2, 0.25) is 0 Å². The molecule has 2 aromatic heterocycles. The van der Waals surface area contributed by atoms with Crippen LogP contribution in [-0.4, -0.2) is 58.9 Å². The Bertz CT molecular complexity index is 1030. The first-order valence-corrected chi connectivity index (χ1v) is 11.0. The van der Waals surface area contributed by atoms with E-state index in [0.717, 1.165) is 31.0 Å². The highest BCUT2D eigenvalue weighted by atomic mass is 16.2. The van der Waals surface area contributed by atoms with Gasteiger partial charge in [0.1, 0.15) is 11.6 Å². The maximum atomic E-state index is 13.2. The van der Waals surface area contributed by atoms with Crippen LogP contribution < -0.4 is 9.80 Å². The van der Waals surface area contributed by atoms with Crippen molar-refractivity contribution in [1.29, 1.82) is 0 Å². The molecule has 2 fully saturated rings. The van der Waals surface area contributed by atoms with E-state index in [4.69, 9.17) is 4.98 Å². The van der Waals surface area contributed by atoms with Gasteiger partial charge in [-0.25, -0.2) is 9.97 Å². The second kappa shape index (κ2) is 8.29. The molecule has 4 rings (SSSR count). The van der Waals surface area contributed by atoms with Gasteiger partial charge in [0, 0.05) is 44.3 Å². The highest BCUT2D eigenvalue weighted by Gasteiger charge is 2.31. The highest BCUT2D eigenvalue weighted by molar-refractivity contribution is 5.97. The monoisotopic (exact) mass is 421 g/mol. The Morgan fingerprint density at radius 1 is 0.968 bits per heavy atom. The van der Waals surface area contributed by atoms with Crippen molar-refractivity contribution in [3.8, 4) is 0 Å². The van der Waals surface area contributed by atoms with Crippen LogP contribution in [0, 0.1) is 27.7 Å². The molecule has 164 valence electrons. The van der Waals surface area contributed by atoms with Gasteiger partial charge in [0.2, 0.25) is 5.91 Å². The zero-order valence-corrected chi connectivity index (χ0v) is 19.1. The number of amides is 2. The minimum atomic E-state index is 0.00163. The molecule has 0 aliphatic carbocycles. The van der Waals surface area contributed by atoms with E-state index in [0.29, 0.717) is 36.6 Å². The fourth-order valence-electron chi connectivity index (χ4n) is 4.53. The van der Waals surface area contributed by atoms with Crippen LogP contribution in [0.25, 0.3) is 0 Å². The molecule has 2 aromatic rings. The quantitative estimate of drug-likeness (QED) is 0.761. The van der Waals surface area contributed by atoms with E-state index in [1.165, 1.54) is 11.1 Å². The number of pyridine rings is 2. The molecular weight excluding hydrogens is 390 g/mol. The summed E-state index contributed by atoms with van der Waals surface area (Å²) in [4.78, 5) is 40.6. The van der Waals surface area contributed by atoms with Gasteiger partial charge in [-0.1, -0.05) is 6.07 Å². The summed E-state index contributed by atoms with van der Waals surface area (Å²) in [6.07, 6.45) is 1.40.